The van der Waals surface area contributed by atoms with Crippen molar-refractivity contribution < 1.29 is 0 Å². The van der Waals surface area contributed by atoms with Crippen LogP contribution in [0.25, 0.3) is 0 Å². The fourth-order valence-electron chi connectivity index (χ4n) is 3.04. The highest BCUT2D eigenvalue weighted by molar-refractivity contribution is 8.03. The molecule has 0 unspecified atom stereocenters. The molecule has 1 aromatic rings. The first kappa shape index (κ1) is 17.6. The van der Waals surface area contributed by atoms with Gasteiger partial charge in [0, 0.05) is 23.6 Å². The Kier molecular flexibility index (Phi) is 5.77. The zero-order valence-electron chi connectivity index (χ0n) is 15.1. The van der Waals surface area contributed by atoms with Crippen molar-refractivity contribution in [3.63, 3.8) is 0 Å². The Labute approximate surface area is 155 Å². The largest absolute Gasteiger partial charge is 0.335 e. The molecule has 0 saturated heterocycles. The number of hydrogen-bond donors (Lipinski definition) is 0. The third-order valence-corrected chi connectivity index (χ3v) is 5.23. The smallest absolute Gasteiger partial charge is 0.0807 e. The van der Waals surface area contributed by atoms with Gasteiger partial charge in [-0.15, -0.1) is 0 Å². The minimum Gasteiger partial charge on any atom is -0.335 e. The van der Waals surface area contributed by atoms with Crippen LogP contribution in [0.15, 0.2) is 92.9 Å². The lowest BCUT2D eigenvalue weighted by Gasteiger charge is -2.19. The second-order valence-electron chi connectivity index (χ2n) is 5.74. The number of rotatable bonds is 4. The van der Waals surface area contributed by atoms with Gasteiger partial charge in [-0.2, -0.15) is 0 Å². The van der Waals surface area contributed by atoms with Crippen LogP contribution in [0.5, 0.6) is 0 Å². The summed E-state index contributed by atoms with van der Waals surface area (Å²) in [5, 5.41) is 1.27. The first-order valence-corrected chi connectivity index (χ1v) is 9.62. The highest BCUT2D eigenvalue weighted by atomic mass is 32.2. The maximum Gasteiger partial charge on any atom is 0.0807 e. The van der Waals surface area contributed by atoms with E-state index in [0.29, 0.717) is 0 Å². The first-order valence-electron chi connectivity index (χ1n) is 8.81. The first-order chi connectivity index (χ1) is 12.3. The van der Waals surface area contributed by atoms with Gasteiger partial charge in [0.2, 0.25) is 0 Å². The van der Waals surface area contributed by atoms with Crippen LogP contribution in [0.3, 0.4) is 0 Å². The van der Waals surface area contributed by atoms with Gasteiger partial charge in [-0.1, -0.05) is 54.3 Å². The van der Waals surface area contributed by atoms with E-state index in [9.17, 15) is 0 Å². The lowest BCUT2D eigenvalue weighted by Crippen LogP contribution is -2.16. The summed E-state index contributed by atoms with van der Waals surface area (Å²) in [6.07, 6.45) is 14.9. The van der Waals surface area contributed by atoms with Gasteiger partial charge in [0.15, 0.2) is 0 Å². The normalized spacial score (nSPS) is 21.6. The fourth-order valence-corrected chi connectivity index (χ4v) is 4.22. The maximum absolute atomic E-state index is 4.66. The molecule has 0 aromatic heterocycles. The summed E-state index contributed by atoms with van der Waals surface area (Å²) in [4.78, 5) is 8.36. The Hall–Kier alpha value is -2.26. The molecule has 1 aliphatic heterocycles. The average molecular weight is 349 g/mol. The van der Waals surface area contributed by atoms with Gasteiger partial charge < -0.3 is 4.90 Å². The third-order valence-electron chi connectivity index (χ3n) is 4.12. The molecule has 128 valence electrons. The molecule has 1 aliphatic carbocycles. The summed E-state index contributed by atoms with van der Waals surface area (Å²) in [5.74, 6) is 0. The molecule has 1 heterocycles. The van der Waals surface area contributed by atoms with Crippen molar-refractivity contribution in [2.24, 2.45) is 4.99 Å². The number of thioether (sulfide) groups is 1. The Morgan fingerprint density at radius 3 is 2.72 bits per heavy atom. The predicted octanol–water partition coefficient (Wildman–Crippen LogP) is 5.92. The Morgan fingerprint density at radius 1 is 1.16 bits per heavy atom. The van der Waals surface area contributed by atoms with Crippen molar-refractivity contribution in [1.82, 2.24) is 0 Å². The predicted molar refractivity (Wildman–Crippen MR) is 111 cm³/mol. The number of anilines is 1. The summed E-state index contributed by atoms with van der Waals surface area (Å²) < 4.78 is 0. The molecule has 3 heteroatoms. The lowest BCUT2D eigenvalue weighted by molar-refractivity contribution is 1.00. The van der Waals surface area contributed by atoms with Crippen LogP contribution < -0.4 is 4.90 Å². The standard InChI is InChI=1S/C22H24N2S/c1-4-11-17(18-12-7-8-13-19(18)23-5-2)16-22-24(6-3)20-14-9-10-15-21(20)25-22/h4,7-16H,5-6H2,1-3H3/b11-4-,18-17+,22-16-,23-19+. The van der Waals surface area contributed by atoms with E-state index in [1.807, 2.05) is 11.8 Å². The average Bonchev–Trinajstić information content (AvgIpc) is 2.99. The van der Waals surface area contributed by atoms with Crippen molar-refractivity contribution >= 4 is 23.2 Å². The number of para-hydroxylation sites is 1. The van der Waals surface area contributed by atoms with Crippen LogP contribution in [0.4, 0.5) is 5.69 Å². The number of fused-ring (bicyclic) bond motifs is 1. The molecular weight excluding hydrogens is 324 g/mol. The Bertz CT molecular complexity index is 822. The highest BCUT2D eigenvalue weighted by Crippen LogP contribution is 2.46. The van der Waals surface area contributed by atoms with Crippen molar-refractivity contribution in [2.45, 2.75) is 25.7 Å². The van der Waals surface area contributed by atoms with Gasteiger partial charge in [-0.3, -0.25) is 4.99 Å². The van der Waals surface area contributed by atoms with E-state index in [2.05, 4.69) is 97.5 Å². The van der Waals surface area contributed by atoms with Crippen LogP contribution in [-0.4, -0.2) is 18.8 Å². The molecule has 0 saturated carbocycles. The number of benzene rings is 1. The second kappa shape index (κ2) is 8.21. The van der Waals surface area contributed by atoms with Gasteiger partial charge in [-0.05, 0) is 50.6 Å². The lowest BCUT2D eigenvalue weighted by atomic mass is 9.98. The summed E-state index contributed by atoms with van der Waals surface area (Å²) in [5.41, 5.74) is 4.73. The molecule has 0 N–H and O–H groups in total. The number of hydrogen-bond acceptors (Lipinski definition) is 3. The molecule has 2 nitrogen and oxygen atoms in total. The quantitative estimate of drug-likeness (QED) is 0.671. The van der Waals surface area contributed by atoms with E-state index in [-0.39, 0.29) is 0 Å². The molecule has 1 aromatic carbocycles. The Morgan fingerprint density at radius 2 is 1.96 bits per heavy atom. The summed E-state index contributed by atoms with van der Waals surface area (Å²) >= 11 is 1.84. The molecule has 0 bridgehead atoms. The summed E-state index contributed by atoms with van der Waals surface area (Å²) in [6.45, 7) is 8.09. The van der Waals surface area contributed by atoms with Crippen LogP contribution >= 0.6 is 11.8 Å². The third kappa shape index (κ3) is 3.72. The van der Waals surface area contributed by atoms with E-state index in [4.69, 9.17) is 0 Å². The van der Waals surface area contributed by atoms with Crippen LogP contribution in [0, 0.1) is 0 Å². The van der Waals surface area contributed by atoms with Crippen LogP contribution in [0.1, 0.15) is 20.8 Å². The molecule has 2 aliphatic rings. The fraction of sp³-hybridized carbons (Fsp3) is 0.227. The summed E-state index contributed by atoms with van der Waals surface area (Å²) in [7, 11) is 0. The van der Waals surface area contributed by atoms with E-state index in [1.54, 1.807) is 0 Å². The number of allylic oxidation sites excluding steroid dienone is 9. The Balaban J connectivity index is 2.07. The van der Waals surface area contributed by atoms with E-state index in [1.165, 1.54) is 26.8 Å². The zero-order valence-corrected chi connectivity index (χ0v) is 15.9. The molecule has 0 fully saturated rings. The van der Waals surface area contributed by atoms with Crippen LogP contribution in [-0.2, 0) is 0 Å². The second-order valence-corrected chi connectivity index (χ2v) is 6.81. The van der Waals surface area contributed by atoms with Gasteiger partial charge in [0.05, 0.1) is 16.4 Å². The van der Waals surface area contributed by atoms with Gasteiger partial charge in [0.1, 0.15) is 0 Å². The maximum atomic E-state index is 4.66. The van der Waals surface area contributed by atoms with Gasteiger partial charge >= 0.3 is 0 Å². The van der Waals surface area contributed by atoms with Crippen molar-refractivity contribution in [3.05, 3.63) is 83.0 Å². The number of aliphatic imine (C=N–C) groups is 1. The molecule has 0 atom stereocenters. The SMILES string of the molecule is C\C=C/C(/C=C1\Sc2ccccc2N1CC)=C1/C=CC=C/C1=N\CC. The molecule has 0 spiro atoms. The van der Waals surface area contributed by atoms with E-state index >= 15 is 0 Å². The molecular formula is C22H24N2S. The molecule has 3 rings (SSSR count). The van der Waals surface area contributed by atoms with Gasteiger partial charge in [0.25, 0.3) is 0 Å². The van der Waals surface area contributed by atoms with Crippen molar-refractivity contribution in [2.75, 3.05) is 18.0 Å². The monoisotopic (exact) mass is 348 g/mol. The number of nitrogens with zero attached hydrogens (tertiary/aromatic N) is 2. The van der Waals surface area contributed by atoms with E-state index < -0.39 is 0 Å². The molecule has 0 amide bonds. The van der Waals surface area contributed by atoms with Crippen LogP contribution in [0.2, 0.25) is 0 Å². The minimum absolute atomic E-state index is 0.790. The van der Waals surface area contributed by atoms with Gasteiger partial charge in [-0.25, -0.2) is 0 Å². The zero-order chi connectivity index (χ0) is 17.6. The highest BCUT2D eigenvalue weighted by Gasteiger charge is 2.23. The minimum atomic E-state index is 0.790. The van der Waals surface area contributed by atoms with E-state index in [0.717, 1.165) is 18.8 Å². The van der Waals surface area contributed by atoms with Crippen molar-refractivity contribution in [3.8, 4) is 0 Å². The van der Waals surface area contributed by atoms with Crippen molar-refractivity contribution in [1.29, 1.82) is 0 Å². The topological polar surface area (TPSA) is 15.6 Å². The molecule has 25 heavy (non-hydrogen) atoms. The summed E-state index contributed by atoms with van der Waals surface area (Å²) in [6, 6.07) is 8.60. The molecule has 0 radical (unpaired) electrons.